The van der Waals surface area contributed by atoms with Gasteiger partial charge in [-0.1, -0.05) is 114 Å². The molecule has 0 saturated heterocycles. The van der Waals surface area contributed by atoms with Crippen molar-refractivity contribution in [1.82, 2.24) is 9.55 Å². The van der Waals surface area contributed by atoms with Gasteiger partial charge in [0, 0.05) is 29.8 Å². The van der Waals surface area contributed by atoms with Crippen LogP contribution in [0.3, 0.4) is 0 Å². The van der Waals surface area contributed by atoms with Gasteiger partial charge in [0.25, 0.3) is 0 Å². The van der Waals surface area contributed by atoms with Gasteiger partial charge in [-0.15, -0.1) is 0 Å². The monoisotopic (exact) mass is 548 g/mol. The molecule has 41 heavy (non-hydrogen) atoms. The molecule has 2 aliphatic carbocycles. The molecule has 0 saturated carbocycles. The van der Waals surface area contributed by atoms with Gasteiger partial charge >= 0.3 is 0 Å². The molecule has 0 radical (unpaired) electrons. The second-order valence-corrected chi connectivity index (χ2v) is 11.8. The Morgan fingerprint density at radius 2 is 1.78 bits per heavy atom. The van der Waals surface area contributed by atoms with Crippen LogP contribution in [-0.4, -0.2) is 9.55 Å². The molecule has 0 aliphatic heterocycles. The number of hydrogen-bond donors (Lipinski definition) is 1. The molecule has 0 unspecified atom stereocenters. The largest absolute Gasteiger partial charge is 0.358 e. The predicted octanol–water partition coefficient (Wildman–Crippen LogP) is 11.4. The summed E-state index contributed by atoms with van der Waals surface area (Å²) in [5.74, 6) is 0. The van der Waals surface area contributed by atoms with Crippen molar-refractivity contribution in [2.75, 3.05) is 0 Å². The summed E-state index contributed by atoms with van der Waals surface area (Å²) in [5.41, 5.74) is 12.5. The molecule has 3 aromatic rings. The fourth-order valence-corrected chi connectivity index (χ4v) is 5.11. The van der Waals surface area contributed by atoms with Gasteiger partial charge in [-0.05, 0) is 97.1 Å². The number of benzene rings is 1. The van der Waals surface area contributed by atoms with Crippen LogP contribution in [0.15, 0.2) is 108 Å². The first-order valence-corrected chi connectivity index (χ1v) is 15.6. The Morgan fingerprint density at radius 1 is 1.02 bits per heavy atom. The number of nitrogens with zero attached hydrogens (tertiary/aromatic N) is 1. The molecule has 1 N–H and O–H groups in total. The first-order chi connectivity index (χ1) is 19.8. The minimum absolute atomic E-state index is 0.176. The number of allylic oxidation sites excluding steroid dienone is 10. The Labute approximate surface area is 250 Å². The summed E-state index contributed by atoms with van der Waals surface area (Å²) in [6.07, 6.45) is 21.7. The first-order valence-electron chi connectivity index (χ1n) is 15.6. The number of H-pyrrole nitrogens is 1. The Morgan fingerprint density at radius 3 is 2.41 bits per heavy atom. The van der Waals surface area contributed by atoms with Gasteiger partial charge in [0.1, 0.15) is 0 Å². The second kappa shape index (κ2) is 15.5. The minimum atomic E-state index is 0.176. The van der Waals surface area contributed by atoms with Crippen molar-refractivity contribution < 1.29 is 0 Å². The lowest BCUT2D eigenvalue weighted by Crippen LogP contribution is -2.09. The zero-order chi connectivity index (χ0) is 29.8. The number of aromatic nitrogens is 2. The third kappa shape index (κ3) is 8.98. The van der Waals surface area contributed by atoms with Crippen molar-refractivity contribution >= 4 is 5.57 Å². The number of hydrogen-bond acceptors (Lipinski definition) is 0. The average Bonchev–Trinajstić information content (AvgIpc) is 3.77. The molecule has 0 spiro atoms. The minimum Gasteiger partial charge on any atom is -0.358 e. The van der Waals surface area contributed by atoms with Gasteiger partial charge in [0.2, 0.25) is 0 Å². The highest BCUT2D eigenvalue weighted by atomic mass is 15.0. The molecular weight excluding hydrogens is 496 g/mol. The fourth-order valence-electron chi connectivity index (χ4n) is 5.11. The van der Waals surface area contributed by atoms with Gasteiger partial charge in [-0.3, -0.25) is 0 Å². The Hall–Kier alpha value is -3.52. The number of aromatic amines is 1. The summed E-state index contributed by atoms with van der Waals surface area (Å²) in [6.45, 7) is 18.4. The van der Waals surface area contributed by atoms with E-state index in [9.17, 15) is 0 Å². The Kier molecular flexibility index (Phi) is 12.1. The maximum absolute atomic E-state index is 3.43. The van der Waals surface area contributed by atoms with Crippen LogP contribution in [0.5, 0.6) is 0 Å². The number of rotatable bonds is 7. The van der Waals surface area contributed by atoms with Crippen molar-refractivity contribution in [1.29, 1.82) is 0 Å². The van der Waals surface area contributed by atoms with Gasteiger partial charge < -0.3 is 9.55 Å². The second-order valence-electron chi connectivity index (χ2n) is 11.8. The third-order valence-corrected chi connectivity index (χ3v) is 7.60. The lowest BCUT2D eigenvalue weighted by Gasteiger charge is -2.17. The van der Waals surface area contributed by atoms with E-state index in [2.05, 4.69) is 136 Å². The summed E-state index contributed by atoms with van der Waals surface area (Å²) in [5, 5.41) is 0. The van der Waals surface area contributed by atoms with Crippen LogP contribution in [0.25, 0.3) is 16.8 Å². The van der Waals surface area contributed by atoms with Crippen molar-refractivity contribution in [2.24, 2.45) is 0 Å². The van der Waals surface area contributed by atoms with Crippen molar-refractivity contribution in [3.63, 3.8) is 0 Å². The Balaban J connectivity index is 0.000000244. The number of nitrogens with one attached hydrogen (secondary N) is 1. The quantitative estimate of drug-likeness (QED) is 0.283. The summed E-state index contributed by atoms with van der Waals surface area (Å²) >= 11 is 0. The maximum Gasteiger partial charge on any atom is 0.0456 e. The van der Waals surface area contributed by atoms with Gasteiger partial charge in [-0.2, -0.15) is 0 Å². The molecule has 0 amide bonds. The Bertz CT molecular complexity index is 1390. The predicted molar refractivity (Wildman–Crippen MR) is 181 cm³/mol. The molecule has 2 heterocycles. The van der Waals surface area contributed by atoms with E-state index in [1.165, 1.54) is 56.9 Å². The molecule has 2 aliphatic rings. The highest BCUT2D eigenvalue weighted by molar-refractivity contribution is 5.71. The van der Waals surface area contributed by atoms with Crippen LogP contribution in [-0.2, 0) is 18.4 Å². The van der Waals surface area contributed by atoms with Crippen molar-refractivity contribution in [3.8, 4) is 11.3 Å². The highest BCUT2D eigenvalue weighted by Gasteiger charge is 2.21. The number of aryl methyl sites for hydroxylation is 1. The molecule has 0 fully saturated rings. The summed E-state index contributed by atoms with van der Waals surface area (Å²) < 4.78 is 2.45. The van der Waals surface area contributed by atoms with E-state index in [1.807, 2.05) is 19.9 Å². The van der Waals surface area contributed by atoms with E-state index < -0.39 is 0 Å². The molecule has 2 heteroatoms. The topological polar surface area (TPSA) is 20.7 Å². The SMILES string of the molecule is CC.CC=C(C)Cn1cc(C(C)(C)C)cc1C1=CC(C2=CC=CC2)=CCC1.CCCc1ccc(-c2ccccc2)[nH]1. The molecule has 0 atom stereocenters. The summed E-state index contributed by atoms with van der Waals surface area (Å²) in [7, 11) is 0. The summed E-state index contributed by atoms with van der Waals surface area (Å²) in [4.78, 5) is 3.43. The molecule has 2 nitrogen and oxygen atoms in total. The van der Waals surface area contributed by atoms with Crippen LogP contribution in [0, 0.1) is 0 Å². The normalized spacial score (nSPS) is 14.8. The standard InChI is InChI=1S/C24H31N.C13H15N.C2H6/c1-6-18(2)16-25-17-22(24(3,4)5)15-23(25)21-13-9-12-20(14-21)19-10-7-8-11-19;1-2-6-12-9-10-13(14-12)11-7-4-3-5-8-11;1-2/h6-8,10,12,14-15,17H,9,11,13,16H2,1-5H3;3-5,7-10,14H,2,6H2,1H3;1-2H3. The summed E-state index contributed by atoms with van der Waals surface area (Å²) in [6, 6.07) is 17.2. The van der Waals surface area contributed by atoms with Crippen LogP contribution >= 0.6 is 0 Å². The molecular formula is C39H52N2. The smallest absolute Gasteiger partial charge is 0.0456 e. The van der Waals surface area contributed by atoms with E-state index in [0.29, 0.717) is 0 Å². The van der Waals surface area contributed by atoms with E-state index in [1.54, 1.807) is 0 Å². The van der Waals surface area contributed by atoms with Gasteiger partial charge in [0.05, 0.1) is 0 Å². The molecule has 218 valence electrons. The zero-order valence-electron chi connectivity index (χ0n) is 26.9. The van der Waals surface area contributed by atoms with E-state index in [0.717, 1.165) is 32.2 Å². The van der Waals surface area contributed by atoms with Gasteiger partial charge in [0.15, 0.2) is 0 Å². The van der Waals surface area contributed by atoms with E-state index >= 15 is 0 Å². The zero-order valence-corrected chi connectivity index (χ0v) is 26.9. The van der Waals surface area contributed by atoms with Crippen molar-refractivity contribution in [3.05, 3.63) is 125 Å². The maximum atomic E-state index is 3.43. The molecule has 5 rings (SSSR count). The van der Waals surface area contributed by atoms with Crippen LogP contribution < -0.4 is 0 Å². The average molecular weight is 549 g/mol. The van der Waals surface area contributed by atoms with E-state index in [-0.39, 0.29) is 5.41 Å². The molecule has 0 bridgehead atoms. The van der Waals surface area contributed by atoms with Crippen LogP contribution in [0.4, 0.5) is 0 Å². The van der Waals surface area contributed by atoms with Crippen LogP contribution in [0.2, 0.25) is 0 Å². The molecule has 2 aromatic heterocycles. The lowest BCUT2D eigenvalue weighted by molar-refractivity contribution is 0.587. The third-order valence-electron chi connectivity index (χ3n) is 7.60. The van der Waals surface area contributed by atoms with E-state index in [4.69, 9.17) is 0 Å². The van der Waals surface area contributed by atoms with Gasteiger partial charge in [-0.25, -0.2) is 0 Å². The first kappa shape index (κ1) is 32.0. The van der Waals surface area contributed by atoms with Crippen molar-refractivity contribution in [2.45, 2.75) is 99.5 Å². The highest BCUT2D eigenvalue weighted by Crippen LogP contribution is 2.35. The lowest BCUT2D eigenvalue weighted by atomic mass is 9.88. The van der Waals surface area contributed by atoms with Crippen LogP contribution in [0.1, 0.15) is 98.0 Å². The fraction of sp³-hybridized carbons (Fsp3) is 0.385. The molecule has 1 aromatic carbocycles.